The molecule has 0 saturated heterocycles. The Balaban J connectivity index is 2.08. The standard InChI is InChI=1S/C19H20F3N3O/c1-12(2)26-15-6-3-13(4-7-15)18-16(9-10-23)25-11-14(19(20,21)22)5-8-17(25)24-18/h3-8,11-12H,9-10,23H2,1-2H3. The number of hydrogen-bond donors (Lipinski definition) is 1. The van der Waals surface area contributed by atoms with E-state index in [2.05, 4.69) is 4.98 Å². The van der Waals surface area contributed by atoms with Gasteiger partial charge in [-0.3, -0.25) is 0 Å². The Hall–Kier alpha value is -2.54. The summed E-state index contributed by atoms with van der Waals surface area (Å²) in [7, 11) is 0. The largest absolute Gasteiger partial charge is 0.491 e. The molecular weight excluding hydrogens is 343 g/mol. The summed E-state index contributed by atoms with van der Waals surface area (Å²) in [5.74, 6) is 0.729. The van der Waals surface area contributed by atoms with E-state index < -0.39 is 11.7 Å². The molecular formula is C19H20F3N3O. The number of alkyl halides is 3. The summed E-state index contributed by atoms with van der Waals surface area (Å²) in [5, 5.41) is 0. The quantitative estimate of drug-likeness (QED) is 0.735. The predicted molar refractivity (Wildman–Crippen MR) is 94.2 cm³/mol. The Morgan fingerprint density at radius 3 is 2.38 bits per heavy atom. The Morgan fingerprint density at radius 1 is 1.12 bits per heavy atom. The molecule has 0 aliphatic rings. The van der Waals surface area contributed by atoms with Crippen molar-refractivity contribution in [3.8, 4) is 17.0 Å². The predicted octanol–water partition coefficient (Wildman–Crippen LogP) is 4.31. The maximum absolute atomic E-state index is 13.0. The maximum atomic E-state index is 13.0. The van der Waals surface area contributed by atoms with Gasteiger partial charge < -0.3 is 14.9 Å². The smallest absolute Gasteiger partial charge is 0.417 e. The lowest BCUT2D eigenvalue weighted by Crippen LogP contribution is -2.09. The first-order chi connectivity index (χ1) is 12.3. The van der Waals surface area contributed by atoms with Gasteiger partial charge in [-0.05, 0) is 56.8 Å². The fraction of sp³-hybridized carbons (Fsp3) is 0.316. The molecule has 0 aliphatic heterocycles. The molecule has 138 valence electrons. The van der Waals surface area contributed by atoms with Gasteiger partial charge in [0, 0.05) is 18.2 Å². The Morgan fingerprint density at radius 2 is 1.81 bits per heavy atom. The van der Waals surface area contributed by atoms with Crippen molar-refractivity contribution in [2.24, 2.45) is 5.73 Å². The normalized spacial score (nSPS) is 12.1. The van der Waals surface area contributed by atoms with Crippen LogP contribution in [0.3, 0.4) is 0 Å². The minimum Gasteiger partial charge on any atom is -0.491 e. The Labute approximate surface area is 149 Å². The SMILES string of the molecule is CC(C)Oc1ccc(-c2nc3ccc(C(F)(F)F)cn3c2CCN)cc1. The summed E-state index contributed by atoms with van der Waals surface area (Å²) >= 11 is 0. The fourth-order valence-corrected chi connectivity index (χ4v) is 2.83. The average molecular weight is 363 g/mol. The van der Waals surface area contributed by atoms with Gasteiger partial charge in [0.05, 0.1) is 23.1 Å². The molecule has 0 bridgehead atoms. The molecule has 3 rings (SSSR count). The monoisotopic (exact) mass is 363 g/mol. The van der Waals surface area contributed by atoms with E-state index in [1.807, 2.05) is 38.1 Å². The van der Waals surface area contributed by atoms with E-state index in [9.17, 15) is 13.2 Å². The Kier molecular flexibility index (Phi) is 4.91. The average Bonchev–Trinajstić information content (AvgIpc) is 2.93. The number of fused-ring (bicyclic) bond motifs is 1. The van der Waals surface area contributed by atoms with Crippen molar-refractivity contribution in [1.29, 1.82) is 0 Å². The third-order valence-corrected chi connectivity index (χ3v) is 3.93. The molecule has 1 aromatic carbocycles. The number of aromatic nitrogens is 2. The number of nitrogens with zero attached hydrogens (tertiary/aromatic N) is 2. The summed E-state index contributed by atoms with van der Waals surface area (Å²) < 4.78 is 46.2. The zero-order valence-corrected chi connectivity index (χ0v) is 14.5. The van der Waals surface area contributed by atoms with Crippen molar-refractivity contribution in [3.63, 3.8) is 0 Å². The number of hydrogen-bond acceptors (Lipinski definition) is 3. The van der Waals surface area contributed by atoms with Crippen LogP contribution in [0, 0.1) is 0 Å². The van der Waals surface area contributed by atoms with Crippen LogP contribution in [0.4, 0.5) is 13.2 Å². The minimum atomic E-state index is -4.41. The number of nitrogens with two attached hydrogens (primary N) is 1. The molecule has 26 heavy (non-hydrogen) atoms. The number of benzene rings is 1. The molecule has 0 unspecified atom stereocenters. The second-order valence-electron chi connectivity index (χ2n) is 6.28. The second-order valence-corrected chi connectivity index (χ2v) is 6.28. The van der Waals surface area contributed by atoms with Crippen molar-refractivity contribution in [2.75, 3.05) is 6.54 Å². The highest BCUT2D eigenvalue weighted by Gasteiger charge is 2.31. The van der Waals surface area contributed by atoms with E-state index in [0.717, 1.165) is 23.6 Å². The lowest BCUT2D eigenvalue weighted by molar-refractivity contribution is -0.137. The zero-order chi connectivity index (χ0) is 18.9. The van der Waals surface area contributed by atoms with E-state index in [0.29, 0.717) is 30.0 Å². The van der Waals surface area contributed by atoms with Gasteiger partial charge in [0.1, 0.15) is 11.4 Å². The number of ether oxygens (including phenoxy) is 1. The van der Waals surface area contributed by atoms with Crippen LogP contribution in [0.2, 0.25) is 0 Å². The first-order valence-corrected chi connectivity index (χ1v) is 8.35. The van der Waals surface area contributed by atoms with Crippen molar-refractivity contribution in [3.05, 3.63) is 53.9 Å². The number of rotatable bonds is 5. The fourth-order valence-electron chi connectivity index (χ4n) is 2.83. The van der Waals surface area contributed by atoms with Crippen LogP contribution in [0.25, 0.3) is 16.9 Å². The molecule has 0 fully saturated rings. The van der Waals surface area contributed by atoms with E-state index >= 15 is 0 Å². The van der Waals surface area contributed by atoms with E-state index in [-0.39, 0.29) is 6.10 Å². The van der Waals surface area contributed by atoms with E-state index in [1.165, 1.54) is 10.5 Å². The van der Waals surface area contributed by atoms with Gasteiger partial charge in [0.2, 0.25) is 0 Å². The molecule has 0 atom stereocenters. The molecule has 7 heteroatoms. The van der Waals surface area contributed by atoms with Crippen molar-refractivity contribution < 1.29 is 17.9 Å². The summed E-state index contributed by atoms with van der Waals surface area (Å²) in [6.45, 7) is 4.19. The molecule has 0 saturated carbocycles. The first-order valence-electron chi connectivity index (χ1n) is 8.35. The van der Waals surface area contributed by atoms with Gasteiger partial charge in [0.15, 0.2) is 0 Å². The number of halogens is 3. The molecule has 2 aromatic heterocycles. The second kappa shape index (κ2) is 6.99. The van der Waals surface area contributed by atoms with Crippen LogP contribution in [-0.4, -0.2) is 22.0 Å². The van der Waals surface area contributed by atoms with Crippen LogP contribution in [0.1, 0.15) is 25.1 Å². The summed E-state index contributed by atoms with van der Waals surface area (Å²) in [4.78, 5) is 4.51. The number of pyridine rings is 1. The van der Waals surface area contributed by atoms with E-state index in [1.54, 1.807) is 0 Å². The van der Waals surface area contributed by atoms with Gasteiger partial charge in [-0.15, -0.1) is 0 Å². The molecule has 0 radical (unpaired) electrons. The molecule has 3 aromatic rings. The summed E-state index contributed by atoms with van der Waals surface area (Å²) in [6, 6.07) is 9.77. The van der Waals surface area contributed by atoms with Crippen LogP contribution in [0.15, 0.2) is 42.6 Å². The minimum absolute atomic E-state index is 0.0598. The zero-order valence-electron chi connectivity index (χ0n) is 14.5. The summed E-state index contributed by atoms with van der Waals surface area (Å²) in [6.07, 6.45) is -2.85. The van der Waals surface area contributed by atoms with Crippen LogP contribution < -0.4 is 10.5 Å². The topological polar surface area (TPSA) is 52.5 Å². The van der Waals surface area contributed by atoms with Gasteiger partial charge in [-0.2, -0.15) is 13.2 Å². The van der Waals surface area contributed by atoms with Gasteiger partial charge >= 0.3 is 6.18 Å². The molecule has 2 heterocycles. The van der Waals surface area contributed by atoms with E-state index in [4.69, 9.17) is 10.5 Å². The molecule has 0 amide bonds. The highest BCUT2D eigenvalue weighted by atomic mass is 19.4. The third kappa shape index (κ3) is 3.67. The highest BCUT2D eigenvalue weighted by Crippen LogP contribution is 2.32. The third-order valence-electron chi connectivity index (χ3n) is 3.93. The van der Waals surface area contributed by atoms with Crippen molar-refractivity contribution in [1.82, 2.24) is 9.38 Å². The maximum Gasteiger partial charge on any atom is 0.417 e. The number of imidazole rings is 1. The van der Waals surface area contributed by atoms with Crippen LogP contribution in [0.5, 0.6) is 5.75 Å². The molecule has 0 spiro atoms. The van der Waals surface area contributed by atoms with Crippen LogP contribution in [-0.2, 0) is 12.6 Å². The van der Waals surface area contributed by atoms with Crippen LogP contribution >= 0.6 is 0 Å². The van der Waals surface area contributed by atoms with Gasteiger partial charge in [-0.1, -0.05) is 0 Å². The molecule has 2 N–H and O–H groups in total. The van der Waals surface area contributed by atoms with Gasteiger partial charge in [-0.25, -0.2) is 4.98 Å². The lowest BCUT2D eigenvalue weighted by atomic mass is 10.1. The van der Waals surface area contributed by atoms with Crippen molar-refractivity contribution in [2.45, 2.75) is 32.5 Å². The molecule has 0 aliphatic carbocycles. The van der Waals surface area contributed by atoms with Gasteiger partial charge in [0.25, 0.3) is 0 Å². The summed E-state index contributed by atoms with van der Waals surface area (Å²) in [5.41, 5.74) is 7.52. The lowest BCUT2D eigenvalue weighted by Gasteiger charge is -2.10. The first kappa shape index (κ1) is 18.3. The van der Waals surface area contributed by atoms with Crippen molar-refractivity contribution >= 4 is 5.65 Å². The Bertz CT molecular complexity index is 899. The highest BCUT2D eigenvalue weighted by molar-refractivity contribution is 5.67. The molecule has 4 nitrogen and oxygen atoms in total.